The van der Waals surface area contributed by atoms with Crippen LogP contribution in [-0.4, -0.2) is 21.9 Å². The molecule has 0 amide bonds. The van der Waals surface area contributed by atoms with Crippen molar-refractivity contribution in [3.63, 3.8) is 0 Å². The molecule has 1 aromatic carbocycles. The van der Waals surface area contributed by atoms with Crippen LogP contribution in [0.5, 0.6) is 11.5 Å². The van der Waals surface area contributed by atoms with Crippen LogP contribution in [0.15, 0.2) is 0 Å². The van der Waals surface area contributed by atoms with E-state index in [0.29, 0.717) is 29.5 Å². The zero-order valence-electron chi connectivity index (χ0n) is 8.84. The minimum absolute atomic E-state index is 0.0138. The summed E-state index contributed by atoms with van der Waals surface area (Å²) in [5.74, 6) is 0.128. The first kappa shape index (κ1) is 12.1. The Labute approximate surface area is 93.9 Å². The lowest BCUT2D eigenvalue weighted by molar-refractivity contribution is 0.288. The highest BCUT2D eigenvalue weighted by Gasteiger charge is 2.17. The average molecular weight is 231 g/mol. The molecule has 0 bridgehead atoms. The van der Waals surface area contributed by atoms with Crippen molar-refractivity contribution in [3.05, 3.63) is 21.7 Å². The number of benzene rings is 1. The predicted molar refractivity (Wildman–Crippen MR) is 59.7 cm³/mol. The second-order valence-corrected chi connectivity index (χ2v) is 3.94. The SMILES string of the molecule is Cc1c(C)c(O)c(CCCO)c(Cl)c1O. The van der Waals surface area contributed by atoms with Crippen molar-refractivity contribution in [2.75, 3.05) is 6.61 Å². The minimum atomic E-state index is 0.0138. The van der Waals surface area contributed by atoms with Crippen LogP contribution in [0.3, 0.4) is 0 Å². The topological polar surface area (TPSA) is 60.7 Å². The second-order valence-electron chi connectivity index (χ2n) is 3.57. The molecule has 0 saturated carbocycles. The van der Waals surface area contributed by atoms with Crippen molar-refractivity contribution in [1.29, 1.82) is 0 Å². The molecule has 4 heteroatoms. The maximum atomic E-state index is 9.83. The summed E-state index contributed by atoms with van der Waals surface area (Å²) in [4.78, 5) is 0. The number of phenols is 2. The lowest BCUT2D eigenvalue weighted by Gasteiger charge is -2.14. The Morgan fingerprint density at radius 2 is 1.60 bits per heavy atom. The first-order valence-electron chi connectivity index (χ1n) is 4.81. The van der Waals surface area contributed by atoms with Crippen molar-refractivity contribution >= 4 is 11.6 Å². The Kier molecular flexibility index (Phi) is 3.83. The zero-order valence-corrected chi connectivity index (χ0v) is 9.60. The molecule has 0 radical (unpaired) electrons. The smallest absolute Gasteiger partial charge is 0.137 e. The van der Waals surface area contributed by atoms with E-state index in [4.69, 9.17) is 16.7 Å². The summed E-state index contributed by atoms with van der Waals surface area (Å²) in [7, 11) is 0. The lowest BCUT2D eigenvalue weighted by atomic mass is 10.00. The maximum absolute atomic E-state index is 9.83. The van der Waals surface area contributed by atoms with E-state index in [1.54, 1.807) is 13.8 Å². The molecule has 1 rings (SSSR count). The van der Waals surface area contributed by atoms with Gasteiger partial charge in [0.1, 0.15) is 11.5 Å². The van der Waals surface area contributed by atoms with Crippen LogP contribution in [0.2, 0.25) is 5.02 Å². The fourth-order valence-corrected chi connectivity index (χ4v) is 1.80. The first-order valence-corrected chi connectivity index (χ1v) is 5.18. The molecule has 3 nitrogen and oxygen atoms in total. The largest absolute Gasteiger partial charge is 0.507 e. The van der Waals surface area contributed by atoms with Crippen LogP contribution < -0.4 is 0 Å². The molecule has 0 heterocycles. The number of aliphatic hydroxyl groups excluding tert-OH is 1. The summed E-state index contributed by atoms with van der Waals surface area (Å²) in [6.45, 7) is 3.46. The van der Waals surface area contributed by atoms with Crippen LogP contribution in [0, 0.1) is 13.8 Å². The Morgan fingerprint density at radius 3 is 2.13 bits per heavy atom. The Morgan fingerprint density at radius 1 is 1.07 bits per heavy atom. The number of hydrogen-bond donors (Lipinski definition) is 3. The van der Waals surface area contributed by atoms with Gasteiger partial charge in [-0.1, -0.05) is 11.6 Å². The quantitative estimate of drug-likeness (QED) is 0.699. The van der Waals surface area contributed by atoms with Gasteiger partial charge in [0.15, 0.2) is 0 Å². The average Bonchev–Trinajstić information content (AvgIpc) is 2.24. The highest BCUT2D eigenvalue weighted by atomic mass is 35.5. The van der Waals surface area contributed by atoms with Crippen LogP contribution in [0.4, 0.5) is 0 Å². The third-order valence-corrected chi connectivity index (χ3v) is 3.02. The molecule has 0 spiro atoms. The predicted octanol–water partition coefficient (Wildman–Crippen LogP) is 2.29. The van der Waals surface area contributed by atoms with Crippen molar-refractivity contribution in [2.24, 2.45) is 0 Å². The fourth-order valence-electron chi connectivity index (χ4n) is 1.48. The summed E-state index contributed by atoms with van der Waals surface area (Å²) >= 11 is 5.92. The third kappa shape index (κ3) is 2.19. The third-order valence-electron chi connectivity index (χ3n) is 2.62. The van der Waals surface area contributed by atoms with Gasteiger partial charge in [0.25, 0.3) is 0 Å². The second kappa shape index (κ2) is 4.73. The van der Waals surface area contributed by atoms with Gasteiger partial charge in [-0.05, 0) is 37.8 Å². The van der Waals surface area contributed by atoms with E-state index in [1.807, 2.05) is 0 Å². The minimum Gasteiger partial charge on any atom is -0.507 e. The molecule has 0 aromatic heterocycles. The van der Waals surface area contributed by atoms with Gasteiger partial charge < -0.3 is 15.3 Å². The Balaban J connectivity index is 3.26. The van der Waals surface area contributed by atoms with Gasteiger partial charge in [-0.3, -0.25) is 0 Å². The van der Waals surface area contributed by atoms with Crippen LogP contribution in [0.25, 0.3) is 0 Å². The van der Waals surface area contributed by atoms with Gasteiger partial charge in [-0.2, -0.15) is 0 Å². The molecule has 0 aliphatic rings. The molecule has 3 N–H and O–H groups in total. The molecule has 0 aliphatic carbocycles. The molecular weight excluding hydrogens is 216 g/mol. The fraction of sp³-hybridized carbons (Fsp3) is 0.455. The molecular formula is C11H15ClO3. The molecule has 15 heavy (non-hydrogen) atoms. The molecule has 0 unspecified atom stereocenters. The van der Waals surface area contributed by atoms with Crippen molar-refractivity contribution in [2.45, 2.75) is 26.7 Å². The van der Waals surface area contributed by atoms with E-state index in [-0.39, 0.29) is 23.1 Å². The molecule has 0 saturated heterocycles. The van der Waals surface area contributed by atoms with Gasteiger partial charge in [0, 0.05) is 12.2 Å². The molecule has 0 aliphatic heterocycles. The molecule has 1 aromatic rings. The van der Waals surface area contributed by atoms with Crippen molar-refractivity contribution in [3.8, 4) is 11.5 Å². The summed E-state index contributed by atoms with van der Waals surface area (Å²) < 4.78 is 0. The van der Waals surface area contributed by atoms with E-state index in [9.17, 15) is 10.2 Å². The zero-order chi connectivity index (χ0) is 11.6. The van der Waals surface area contributed by atoms with Gasteiger partial charge in [0.2, 0.25) is 0 Å². The number of hydrogen-bond acceptors (Lipinski definition) is 3. The molecule has 0 atom stereocenters. The monoisotopic (exact) mass is 230 g/mol. The summed E-state index contributed by atoms with van der Waals surface area (Å²) in [5, 5.41) is 28.4. The van der Waals surface area contributed by atoms with Crippen LogP contribution in [0.1, 0.15) is 23.1 Å². The van der Waals surface area contributed by atoms with Crippen LogP contribution in [-0.2, 0) is 6.42 Å². The number of phenolic OH excluding ortho intramolecular Hbond substituents is 2. The number of aromatic hydroxyl groups is 2. The normalized spacial score (nSPS) is 10.7. The van der Waals surface area contributed by atoms with Crippen molar-refractivity contribution < 1.29 is 15.3 Å². The number of rotatable bonds is 3. The molecule has 84 valence electrons. The van der Waals surface area contributed by atoms with Gasteiger partial charge in [0.05, 0.1) is 5.02 Å². The highest BCUT2D eigenvalue weighted by molar-refractivity contribution is 6.33. The van der Waals surface area contributed by atoms with Crippen molar-refractivity contribution in [1.82, 2.24) is 0 Å². The number of aliphatic hydroxyl groups is 1. The van der Waals surface area contributed by atoms with E-state index >= 15 is 0 Å². The summed E-state index contributed by atoms with van der Waals surface area (Å²) in [5.41, 5.74) is 1.72. The van der Waals surface area contributed by atoms with Gasteiger partial charge >= 0.3 is 0 Å². The number of halogens is 1. The lowest BCUT2D eigenvalue weighted by Crippen LogP contribution is -1.96. The standard InChI is InChI=1S/C11H15ClO3/c1-6-7(2)11(15)9(12)8(10(6)14)4-3-5-13/h13-15H,3-5H2,1-2H3. The van der Waals surface area contributed by atoms with Gasteiger partial charge in [-0.15, -0.1) is 0 Å². The van der Waals surface area contributed by atoms with E-state index < -0.39 is 0 Å². The summed E-state index contributed by atoms with van der Waals surface area (Å²) in [6.07, 6.45) is 0.963. The summed E-state index contributed by atoms with van der Waals surface area (Å²) in [6, 6.07) is 0. The van der Waals surface area contributed by atoms with E-state index in [0.717, 1.165) is 0 Å². The highest BCUT2D eigenvalue weighted by Crippen LogP contribution is 2.40. The van der Waals surface area contributed by atoms with E-state index in [2.05, 4.69) is 0 Å². The van der Waals surface area contributed by atoms with Crippen LogP contribution >= 0.6 is 11.6 Å². The Bertz CT molecular complexity index is 346. The Hall–Kier alpha value is -0.930. The maximum Gasteiger partial charge on any atom is 0.137 e. The van der Waals surface area contributed by atoms with Gasteiger partial charge in [-0.25, -0.2) is 0 Å². The van der Waals surface area contributed by atoms with E-state index in [1.165, 1.54) is 0 Å². The molecule has 0 fully saturated rings. The first-order chi connectivity index (χ1) is 7.00.